The molecule has 19 heavy (non-hydrogen) atoms. The maximum atomic E-state index is 12.7. The van der Waals surface area contributed by atoms with Gasteiger partial charge in [-0.3, -0.25) is 0 Å². The minimum atomic E-state index is -2.45. The minimum absolute atomic E-state index is 0.386. The van der Waals surface area contributed by atoms with Crippen LogP contribution in [0.25, 0.3) is 5.70 Å². The molecule has 100 valence electrons. The Kier molecular flexibility index (Phi) is 4.05. The average Bonchev–Trinajstić information content (AvgIpc) is 2.36. The molecule has 0 saturated heterocycles. The van der Waals surface area contributed by atoms with Crippen LogP contribution in [0.4, 0.5) is 8.78 Å². The van der Waals surface area contributed by atoms with Gasteiger partial charge >= 0.3 is 0 Å². The lowest BCUT2D eigenvalue weighted by Gasteiger charge is -2.31. The summed E-state index contributed by atoms with van der Waals surface area (Å²) in [6, 6.07) is 7.69. The molecule has 0 radical (unpaired) electrons. The standard InChI is InChI=1S/C15H14ClF2N/c1-10-3-5-12(6-4-10)14-8-7-13(16)11(2)19(14)9-15(17)18/h3-8,15H,2,9H2,1H3. The van der Waals surface area contributed by atoms with Gasteiger partial charge in [-0.1, -0.05) is 48.0 Å². The van der Waals surface area contributed by atoms with E-state index < -0.39 is 13.0 Å². The summed E-state index contributed by atoms with van der Waals surface area (Å²) >= 11 is 5.95. The van der Waals surface area contributed by atoms with E-state index >= 15 is 0 Å². The molecule has 0 bridgehead atoms. The third-order valence-electron chi connectivity index (χ3n) is 2.95. The highest BCUT2D eigenvalue weighted by molar-refractivity contribution is 6.32. The number of aryl methyl sites for hydroxylation is 1. The zero-order valence-electron chi connectivity index (χ0n) is 10.5. The molecular formula is C15H14ClF2N. The number of nitrogens with zero attached hydrogens (tertiary/aromatic N) is 1. The Morgan fingerprint density at radius 1 is 1.21 bits per heavy atom. The van der Waals surface area contributed by atoms with E-state index in [9.17, 15) is 8.78 Å². The zero-order chi connectivity index (χ0) is 14.0. The molecule has 1 aromatic carbocycles. The van der Waals surface area contributed by atoms with E-state index in [0.717, 1.165) is 11.1 Å². The van der Waals surface area contributed by atoms with Crippen LogP contribution in [0.2, 0.25) is 0 Å². The average molecular weight is 282 g/mol. The molecule has 1 aliphatic heterocycles. The molecule has 0 aliphatic carbocycles. The largest absolute Gasteiger partial charge is 0.334 e. The third kappa shape index (κ3) is 3.04. The van der Waals surface area contributed by atoms with E-state index in [1.807, 2.05) is 31.2 Å². The van der Waals surface area contributed by atoms with Crippen LogP contribution in [0.1, 0.15) is 11.1 Å². The van der Waals surface area contributed by atoms with Gasteiger partial charge in [0.25, 0.3) is 6.43 Å². The van der Waals surface area contributed by atoms with Gasteiger partial charge in [-0.05, 0) is 24.6 Å². The molecular weight excluding hydrogens is 268 g/mol. The molecule has 0 atom stereocenters. The lowest BCUT2D eigenvalue weighted by atomic mass is 10.1. The molecule has 0 fully saturated rings. The number of hydrogen-bond donors (Lipinski definition) is 0. The molecule has 1 aliphatic rings. The van der Waals surface area contributed by atoms with Gasteiger partial charge in [-0.25, -0.2) is 8.78 Å². The molecule has 1 aromatic rings. The highest BCUT2D eigenvalue weighted by atomic mass is 35.5. The van der Waals surface area contributed by atoms with Crippen LogP contribution in [0.3, 0.4) is 0 Å². The lowest BCUT2D eigenvalue weighted by Crippen LogP contribution is -2.28. The normalized spacial score (nSPS) is 15.6. The van der Waals surface area contributed by atoms with Crippen LogP contribution in [-0.2, 0) is 0 Å². The van der Waals surface area contributed by atoms with Gasteiger partial charge in [0.1, 0.15) is 0 Å². The maximum absolute atomic E-state index is 12.7. The maximum Gasteiger partial charge on any atom is 0.256 e. The van der Waals surface area contributed by atoms with Crippen LogP contribution in [0.5, 0.6) is 0 Å². The van der Waals surface area contributed by atoms with Crippen molar-refractivity contribution in [3.63, 3.8) is 0 Å². The Balaban J connectivity index is 2.39. The van der Waals surface area contributed by atoms with E-state index in [1.54, 1.807) is 12.2 Å². The van der Waals surface area contributed by atoms with E-state index in [1.165, 1.54) is 4.90 Å². The van der Waals surface area contributed by atoms with Gasteiger partial charge in [-0.15, -0.1) is 0 Å². The smallest absolute Gasteiger partial charge is 0.256 e. The molecule has 0 spiro atoms. The predicted molar refractivity (Wildman–Crippen MR) is 74.9 cm³/mol. The van der Waals surface area contributed by atoms with E-state index in [2.05, 4.69) is 6.58 Å². The second-order valence-electron chi connectivity index (χ2n) is 4.38. The molecule has 0 aromatic heterocycles. The summed E-state index contributed by atoms with van der Waals surface area (Å²) in [5.74, 6) is 0. The van der Waals surface area contributed by atoms with Crippen molar-refractivity contribution in [2.24, 2.45) is 0 Å². The predicted octanol–water partition coefficient (Wildman–Crippen LogP) is 4.55. The summed E-state index contributed by atoms with van der Waals surface area (Å²) < 4.78 is 25.4. The Morgan fingerprint density at radius 3 is 2.42 bits per heavy atom. The Labute approximate surface area is 116 Å². The SMILES string of the molecule is C=C1C(Cl)=CC=C(c2ccc(C)cc2)N1CC(F)F. The van der Waals surface area contributed by atoms with Crippen molar-refractivity contribution in [2.45, 2.75) is 13.3 Å². The summed E-state index contributed by atoms with van der Waals surface area (Å²) in [5.41, 5.74) is 3.08. The zero-order valence-corrected chi connectivity index (χ0v) is 11.3. The van der Waals surface area contributed by atoms with Crippen molar-refractivity contribution in [2.75, 3.05) is 6.54 Å². The van der Waals surface area contributed by atoms with Crippen molar-refractivity contribution in [1.29, 1.82) is 0 Å². The first kappa shape index (κ1) is 13.8. The van der Waals surface area contributed by atoms with Crippen LogP contribution in [0.15, 0.2) is 53.7 Å². The summed E-state index contributed by atoms with van der Waals surface area (Å²) in [6.45, 7) is 5.34. The van der Waals surface area contributed by atoms with Gasteiger partial charge in [0.15, 0.2) is 0 Å². The Morgan fingerprint density at radius 2 is 1.84 bits per heavy atom. The molecule has 0 saturated carbocycles. The van der Waals surface area contributed by atoms with Crippen LogP contribution >= 0.6 is 11.6 Å². The topological polar surface area (TPSA) is 3.24 Å². The number of alkyl halides is 2. The summed E-state index contributed by atoms with van der Waals surface area (Å²) in [4.78, 5) is 1.46. The molecule has 0 unspecified atom stereocenters. The highest BCUT2D eigenvalue weighted by Crippen LogP contribution is 2.32. The summed E-state index contributed by atoms with van der Waals surface area (Å²) in [6.07, 6.45) is 0.971. The van der Waals surface area contributed by atoms with Gasteiger partial charge < -0.3 is 4.90 Å². The first-order valence-corrected chi connectivity index (χ1v) is 6.26. The van der Waals surface area contributed by atoms with Gasteiger partial charge in [-0.2, -0.15) is 0 Å². The van der Waals surface area contributed by atoms with Crippen molar-refractivity contribution in [3.05, 3.63) is 64.9 Å². The van der Waals surface area contributed by atoms with E-state index in [4.69, 9.17) is 11.6 Å². The fourth-order valence-electron chi connectivity index (χ4n) is 1.94. The van der Waals surface area contributed by atoms with Crippen molar-refractivity contribution >= 4 is 17.3 Å². The third-order valence-corrected chi connectivity index (χ3v) is 3.29. The number of allylic oxidation sites excluding steroid dienone is 3. The minimum Gasteiger partial charge on any atom is -0.334 e. The molecule has 1 heterocycles. The monoisotopic (exact) mass is 281 g/mol. The number of halogens is 3. The Bertz CT molecular complexity index is 544. The Hall–Kier alpha value is -1.61. The number of benzene rings is 1. The fourth-order valence-corrected chi connectivity index (χ4v) is 2.10. The van der Waals surface area contributed by atoms with Crippen molar-refractivity contribution in [3.8, 4) is 0 Å². The van der Waals surface area contributed by atoms with E-state index in [0.29, 0.717) is 16.4 Å². The molecule has 4 heteroatoms. The highest BCUT2D eigenvalue weighted by Gasteiger charge is 2.23. The molecule has 2 rings (SSSR count). The molecule has 0 N–H and O–H groups in total. The van der Waals surface area contributed by atoms with Gasteiger partial charge in [0.2, 0.25) is 0 Å². The van der Waals surface area contributed by atoms with Crippen molar-refractivity contribution in [1.82, 2.24) is 4.90 Å². The fraction of sp³-hybridized carbons (Fsp3) is 0.200. The van der Waals surface area contributed by atoms with E-state index in [-0.39, 0.29) is 0 Å². The van der Waals surface area contributed by atoms with Crippen LogP contribution in [0, 0.1) is 6.92 Å². The first-order chi connectivity index (χ1) is 8.99. The van der Waals surface area contributed by atoms with Crippen LogP contribution in [-0.4, -0.2) is 17.9 Å². The van der Waals surface area contributed by atoms with Crippen LogP contribution < -0.4 is 0 Å². The summed E-state index contributed by atoms with van der Waals surface area (Å²) in [7, 11) is 0. The number of hydrogen-bond acceptors (Lipinski definition) is 1. The van der Waals surface area contributed by atoms with Gasteiger partial charge in [0, 0.05) is 5.70 Å². The lowest BCUT2D eigenvalue weighted by molar-refractivity contribution is 0.123. The second-order valence-corrected chi connectivity index (χ2v) is 4.79. The number of rotatable bonds is 3. The second kappa shape index (κ2) is 5.57. The van der Waals surface area contributed by atoms with Gasteiger partial charge in [0.05, 0.1) is 17.3 Å². The molecule has 1 nitrogen and oxygen atoms in total. The molecule has 0 amide bonds. The van der Waals surface area contributed by atoms with Crippen molar-refractivity contribution < 1.29 is 8.78 Å². The first-order valence-electron chi connectivity index (χ1n) is 5.88. The summed E-state index contributed by atoms with van der Waals surface area (Å²) in [5, 5.41) is 0.386. The quantitative estimate of drug-likeness (QED) is 0.785.